The van der Waals surface area contributed by atoms with Gasteiger partial charge in [-0.15, -0.1) is 0 Å². The number of ether oxygens (including phenoxy) is 1. The molecule has 0 bridgehead atoms. The summed E-state index contributed by atoms with van der Waals surface area (Å²) in [5.74, 6) is -1.46. The number of nitro groups is 1. The van der Waals surface area contributed by atoms with Gasteiger partial charge >= 0.3 is 11.7 Å². The number of amides is 1. The average Bonchev–Trinajstić information content (AvgIpc) is 2.48. The monoisotopic (exact) mass is 316 g/mol. The Morgan fingerprint density at radius 1 is 1.13 bits per heavy atom. The van der Waals surface area contributed by atoms with Crippen molar-refractivity contribution in [2.24, 2.45) is 0 Å². The molecule has 0 aliphatic heterocycles. The molecule has 0 N–H and O–H groups in total. The van der Waals surface area contributed by atoms with E-state index >= 15 is 0 Å². The summed E-state index contributed by atoms with van der Waals surface area (Å²) in [6.07, 6.45) is 2.68. The number of hydrogen-bond donors (Lipinski definition) is 0. The van der Waals surface area contributed by atoms with Crippen molar-refractivity contribution in [3.63, 3.8) is 0 Å². The van der Waals surface area contributed by atoms with E-state index in [0.717, 1.165) is 4.90 Å². The average molecular weight is 316 g/mol. The summed E-state index contributed by atoms with van der Waals surface area (Å²) < 4.78 is 5.01. The van der Waals surface area contributed by atoms with Crippen molar-refractivity contribution in [2.45, 2.75) is 13.8 Å². The number of hydrogen-bond acceptors (Lipinski definition) is 7. The number of carbonyl (C=O) groups excluding carboxylic acids is 2. The lowest BCUT2D eigenvalue weighted by Crippen LogP contribution is -2.26. The quantitative estimate of drug-likeness (QED) is 0.481. The first kappa shape index (κ1) is 16.0. The predicted molar refractivity (Wildman–Crippen MR) is 79.3 cm³/mol. The van der Waals surface area contributed by atoms with Gasteiger partial charge in [0.05, 0.1) is 4.92 Å². The maximum atomic E-state index is 12.0. The van der Waals surface area contributed by atoms with Gasteiger partial charge in [-0.2, -0.15) is 0 Å². The molecule has 0 unspecified atom stereocenters. The van der Waals surface area contributed by atoms with Crippen molar-refractivity contribution >= 4 is 29.2 Å². The maximum Gasteiger partial charge on any atom is 0.312 e. The number of esters is 1. The molecular weight excluding hydrogens is 304 g/mol. The second kappa shape index (κ2) is 6.60. The molecule has 0 saturated carbocycles. The van der Waals surface area contributed by atoms with Crippen LogP contribution in [0.5, 0.6) is 5.75 Å². The molecule has 2 heterocycles. The first-order chi connectivity index (χ1) is 10.9. The molecule has 0 aliphatic carbocycles. The molecule has 2 aromatic rings. The largest absolute Gasteiger partial charge is 0.423 e. The van der Waals surface area contributed by atoms with Crippen LogP contribution < -0.4 is 9.64 Å². The fourth-order valence-corrected chi connectivity index (χ4v) is 1.89. The number of carbonyl (C=O) groups is 2. The fourth-order valence-electron chi connectivity index (χ4n) is 1.89. The summed E-state index contributed by atoms with van der Waals surface area (Å²) in [4.78, 5) is 42.6. The predicted octanol–water partition coefficient (Wildman–Crippen LogP) is 1.99. The lowest BCUT2D eigenvalue weighted by molar-refractivity contribution is -0.384. The molecule has 9 heteroatoms. The van der Waals surface area contributed by atoms with Crippen LogP contribution in [0.15, 0.2) is 36.7 Å². The molecule has 9 nitrogen and oxygen atoms in total. The highest BCUT2D eigenvalue weighted by molar-refractivity contribution is 6.00. The van der Waals surface area contributed by atoms with Crippen LogP contribution in [0.25, 0.3) is 0 Å². The van der Waals surface area contributed by atoms with Gasteiger partial charge in [0, 0.05) is 32.3 Å². The summed E-state index contributed by atoms with van der Waals surface area (Å²) in [6, 6.07) is 5.53. The molecule has 1 amide bonds. The molecule has 23 heavy (non-hydrogen) atoms. The van der Waals surface area contributed by atoms with Crippen LogP contribution in [0.3, 0.4) is 0 Å². The minimum Gasteiger partial charge on any atom is -0.423 e. The molecule has 0 radical (unpaired) electrons. The zero-order valence-corrected chi connectivity index (χ0v) is 12.3. The molecular formula is C14H12N4O5. The van der Waals surface area contributed by atoms with Gasteiger partial charge in [0.2, 0.25) is 11.7 Å². The van der Waals surface area contributed by atoms with E-state index in [0.29, 0.717) is 0 Å². The Balaban J connectivity index is 2.64. The normalized spacial score (nSPS) is 10.0. The van der Waals surface area contributed by atoms with Gasteiger partial charge in [-0.3, -0.25) is 19.7 Å². The smallest absolute Gasteiger partial charge is 0.312 e. The highest BCUT2D eigenvalue weighted by Crippen LogP contribution is 2.35. The molecule has 0 aromatic carbocycles. The summed E-state index contributed by atoms with van der Waals surface area (Å²) in [6.45, 7) is 2.39. The number of rotatable bonds is 4. The molecule has 0 aliphatic rings. The maximum absolute atomic E-state index is 12.0. The molecule has 0 fully saturated rings. The van der Waals surface area contributed by atoms with Gasteiger partial charge in [-0.25, -0.2) is 14.9 Å². The highest BCUT2D eigenvalue weighted by atomic mass is 16.6. The zero-order chi connectivity index (χ0) is 17.0. The van der Waals surface area contributed by atoms with Gasteiger partial charge < -0.3 is 4.74 Å². The van der Waals surface area contributed by atoms with Crippen LogP contribution in [0.2, 0.25) is 0 Å². The third-order valence-corrected chi connectivity index (χ3v) is 2.71. The third kappa shape index (κ3) is 3.46. The molecule has 118 valence electrons. The van der Waals surface area contributed by atoms with Crippen molar-refractivity contribution in [3.05, 3.63) is 46.8 Å². The van der Waals surface area contributed by atoms with E-state index in [-0.39, 0.29) is 23.1 Å². The Bertz CT molecular complexity index is 777. The fraction of sp³-hybridized carbons (Fsp3) is 0.143. The molecule has 0 atom stereocenters. The molecule has 0 spiro atoms. The summed E-state index contributed by atoms with van der Waals surface area (Å²) in [5, 5.41) is 11.2. The van der Waals surface area contributed by atoms with Crippen LogP contribution >= 0.6 is 0 Å². The SMILES string of the molecule is CC(=O)Oc1cccnc1N(C(C)=O)c1ncccc1[N+](=O)[O-]. The van der Waals surface area contributed by atoms with E-state index in [4.69, 9.17) is 4.74 Å². The molecule has 2 aromatic heterocycles. The van der Waals surface area contributed by atoms with Crippen molar-refractivity contribution in [1.29, 1.82) is 0 Å². The zero-order valence-electron chi connectivity index (χ0n) is 12.3. The lowest BCUT2D eigenvalue weighted by atomic mass is 10.3. The van der Waals surface area contributed by atoms with E-state index in [1.807, 2.05) is 0 Å². The van der Waals surface area contributed by atoms with Crippen LogP contribution in [-0.2, 0) is 9.59 Å². The van der Waals surface area contributed by atoms with Gasteiger partial charge in [-0.05, 0) is 18.2 Å². The standard InChI is InChI=1S/C14H12N4O5/c1-9(19)17(13-11(18(21)22)5-3-7-15-13)14-12(23-10(2)20)6-4-8-16-14/h3-8H,1-2H3. The Morgan fingerprint density at radius 2 is 1.74 bits per heavy atom. The highest BCUT2D eigenvalue weighted by Gasteiger charge is 2.28. The minimum absolute atomic E-state index is 0.00449. The lowest BCUT2D eigenvalue weighted by Gasteiger charge is -2.20. The number of nitrogens with zero attached hydrogens (tertiary/aromatic N) is 4. The van der Waals surface area contributed by atoms with Crippen LogP contribution in [0.4, 0.5) is 17.3 Å². The third-order valence-electron chi connectivity index (χ3n) is 2.71. The topological polar surface area (TPSA) is 116 Å². The van der Waals surface area contributed by atoms with E-state index in [1.165, 1.54) is 50.5 Å². The second-order valence-electron chi connectivity index (χ2n) is 4.38. The number of pyridine rings is 2. The second-order valence-corrected chi connectivity index (χ2v) is 4.38. The van der Waals surface area contributed by atoms with Gasteiger partial charge in [-0.1, -0.05) is 0 Å². The molecule has 0 saturated heterocycles. The first-order valence-corrected chi connectivity index (χ1v) is 6.45. The Hall–Kier alpha value is -3.36. The van der Waals surface area contributed by atoms with Gasteiger partial charge in [0.15, 0.2) is 11.6 Å². The van der Waals surface area contributed by atoms with Crippen LogP contribution in [0.1, 0.15) is 13.8 Å². The van der Waals surface area contributed by atoms with E-state index in [2.05, 4.69) is 9.97 Å². The Kier molecular flexibility index (Phi) is 4.60. The Labute approximate surface area is 130 Å². The summed E-state index contributed by atoms with van der Waals surface area (Å²) in [5.41, 5.74) is -0.373. The van der Waals surface area contributed by atoms with Crippen molar-refractivity contribution in [2.75, 3.05) is 4.90 Å². The van der Waals surface area contributed by atoms with Crippen LogP contribution in [0, 0.1) is 10.1 Å². The first-order valence-electron chi connectivity index (χ1n) is 6.45. The van der Waals surface area contributed by atoms with E-state index in [9.17, 15) is 19.7 Å². The summed E-state index contributed by atoms with van der Waals surface area (Å²) in [7, 11) is 0. The Morgan fingerprint density at radius 3 is 2.30 bits per heavy atom. The van der Waals surface area contributed by atoms with Crippen molar-refractivity contribution in [3.8, 4) is 5.75 Å². The van der Waals surface area contributed by atoms with Crippen LogP contribution in [-0.4, -0.2) is 26.8 Å². The number of anilines is 2. The van der Waals surface area contributed by atoms with Crippen molar-refractivity contribution in [1.82, 2.24) is 9.97 Å². The molecule has 2 rings (SSSR count). The van der Waals surface area contributed by atoms with E-state index < -0.39 is 16.8 Å². The number of aromatic nitrogens is 2. The minimum atomic E-state index is -0.660. The summed E-state index contributed by atoms with van der Waals surface area (Å²) >= 11 is 0. The van der Waals surface area contributed by atoms with E-state index in [1.54, 1.807) is 0 Å². The van der Waals surface area contributed by atoms with Gasteiger partial charge in [0.25, 0.3) is 0 Å². The van der Waals surface area contributed by atoms with Crippen molar-refractivity contribution < 1.29 is 19.2 Å². The van der Waals surface area contributed by atoms with Gasteiger partial charge in [0.1, 0.15) is 0 Å².